The largest absolute Gasteiger partial charge is 0.354 e. The molecule has 0 unspecified atom stereocenters. The normalized spacial score (nSPS) is 10.6. The van der Waals surface area contributed by atoms with Gasteiger partial charge in [-0.25, -0.2) is 0 Å². The fourth-order valence-electron chi connectivity index (χ4n) is 3.08. The van der Waals surface area contributed by atoms with Gasteiger partial charge in [0, 0.05) is 17.9 Å². The van der Waals surface area contributed by atoms with Gasteiger partial charge in [0.25, 0.3) is 0 Å². The van der Waals surface area contributed by atoms with E-state index in [9.17, 15) is 0 Å². The highest BCUT2D eigenvalue weighted by atomic mass is 15.3. The van der Waals surface area contributed by atoms with Crippen LogP contribution < -0.4 is 16.0 Å². The molecule has 3 aromatic rings. The highest BCUT2D eigenvalue weighted by Gasteiger charge is 2.08. The van der Waals surface area contributed by atoms with Gasteiger partial charge in [0.2, 0.25) is 17.8 Å². The summed E-state index contributed by atoms with van der Waals surface area (Å²) in [4.78, 5) is 13.5. The summed E-state index contributed by atoms with van der Waals surface area (Å²) in [7, 11) is 0. The Labute approximate surface area is 160 Å². The van der Waals surface area contributed by atoms with Crippen LogP contribution in [0.25, 0.3) is 0 Å². The Bertz CT molecular complexity index is 839. The summed E-state index contributed by atoms with van der Waals surface area (Å²) in [5.74, 6) is 1.53. The van der Waals surface area contributed by atoms with Gasteiger partial charge in [0.15, 0.2) is 0 Å². The smallest absolute Gasteiger partial charge is 0.233 e. The molecule has 1 heterocycles. The zero-order valence-corrected chi connectivity index (χ0v) is 16.5. The second-order valence-corrected chi connectivity index (χ2v) is 6.84. The lowest BCUT2D eigenvalue weighted by atomic mass is 10.1. The van der Waals surface area contributed by atoms with Crippen molar-refractivity contribution in [3.63, 3.8) is 0 Å². The highest BCUT2D eigenvalue weighted by molar-refractivity contribution is 5.61. The Hall–Kier alpha value is -3.15. The molecule has 0 bridgehead atoms. The van der Waals surface area contributed by atoms with Gasteiger partial charge < -0.3 is 16.0 Å². The maximum absolute atomic E-state index is 4.54. The van der Waals surface area contributed by atoms with Crippen LogP contribution >= 0.6 is 0 Å². The Morgan fingerprint density at radius 1 is 0.593 bits per heavy atom. The van der Waals surface area contributed by atoms with Crippen molar-refractivity contribution >= 4 is 29.2 Å². The number of hydrogen-bond donors (Lipinski definition) is 3. The number of aromatic nitrogens is 3. The number of anilines is 5. The predicted octanol–water partition coefficient (Wildman–Crippen LogP) is 5.02. The van der Waals surface area contributed by atoms with E-state index in [1.54, 1.807) is 0 Å². The van der Waals surface area contributed by atoms with Crippen LogP contribution in [0.2, 0.25) is 0 Å². The van der Waals surface area contributed by atoms with E-state index in [-0.39, 0.29) is 0 Å². The molecule has 3 rings (SSSR count). The zero-order chi connectivity index (χ0) is 19.4. The number of benzene rings is 2. The van der Waals surface area contributed by atoms with E-state index in [1.807, 2.05) is 6.92 Å². The molecule has 2 aromatic carbocycles. The van der Waals surface area contributed by atoms with E-state index in [0.29, 0.717) is 17.8 Å². The molecule has 0 amide bonds. The molecule has 0 fully saturated rings. The van der Waals surface area contributed by atoms with Crippen LogP contribution in [-0.2, 0) is 0 Å². The molecule has 0 atom stereocenters. The summed E-state index contributed by atoms with van der Waals surface area (Å²) in [6.45, 7) is 11.0. The van der Waals surface area contributed by atoms with E-state index in [1.165, 1.54) is 22.3 Å². The average molecular weight is 362 g/mol. The van der Waals surface area contributed by atoms with Crippen molar-refractivity contribution in [1.82, 2.24) is 15.0 Å². The third kappa shape index (κ3) is 5.17. The van der Waals surface area contributed by atoms with E-state index in [4.69, 9.17) is 0 Å². The van der Waals surface area contributed by atoms with Gasteiger partial charge in [0.1, 0.15) is 0 Å². The predicted molar refractivity (Wildman–Crippen MR) is 112 cm³/mol. The van der Waals surface area contributed by atoms with Crippen molar-refractivity contribution in [2.45, 2.75) is 34.6 Å². The molecule has 0 aliphatic heterocycles. The number of nitrogens with zero attached hydrogens (tertiary/aromatic N) is 3. The second-order valence-electron chi connectivity index (χ2n) is 6.84. The Balaban J connectivity index is 1.92. The van der Waals surface area contributed by atoms with Gasteiger partial charge in [-0.2, -0.15) is 15.0 Å². The maximum Gasteiger partial charge on any atom is 0.233 e. The van der Waals surface area contributed by atoms with Crippen molar-refractivity contribution in [2.75, 3.05) is 22.5 Å². The molecule has 0 aliphatic carbocycles. The Morgan fingerprint density at radius 2 is 0.963 bits per heavy atom. The number of aryl methyl sites for hydroxylation is 4. The average Bonchev–Trinajstić information content (AvgIpc) is 2.52. The second kappa shape index (κ2) is 8.03. The first-order valence-electron chi connectivity index (χ1n) is 9.12. The first kappa shape index (κ1) is 18.6. The van der Waals surface area contributed by atoms with Crippen molar-refractivity contribution in [1.29, 1.82) is 0 Å². The molecular formula is C21H26N6. The summed E-state index contributed by atoms with van der Waals surface area (Å²) in [6.07, 6.45) is 0. The van der Waals surface area contributed by atoms with Crippen LogP contribution in [0.1, 0.15) is 29.2 Å². The first-order chi connectivity index (χ1) is 12.9. The molecule has 1 aromatic heterocycles. The Kier molecular flexibility index (Phi) is 5.54. The van der Waals surface area contributed by atoms with Crippen molar-refractivity contribution in [2.24, 2.45) is 0 Å². The summed E-state index contributed by atoms with van der Waals surface area (Å²) >= 11 is 0. The van der Waals surface area contributed by atoms with Crippen LogP contribution in [0.3, 0.4) is 0 Å². The van der Waals surface area contributed by atoms with Crippen LogP contribution in [0, 0.1) is 27.7 Å². The van der Waals surface area contributed by atoms with Gasteiger partial charge in [-0.3, -0.25) is 0 Å². The van der Waals surface area contributed by atoms with Crippen molar-refractivity contribution in [3.05, 3.63) is 58.7 Å². The van der Waals surface area contributed by atoms with Crippen molar-refractivity contribution in [3.8, 4) is 0 Å². The molecule has 0 aliphatic rings. The fourth-order valence-corrected chi connectivity index (χ4v) is 3.08. The lowest BCUT2D eigenvalue weighted by Gasteiger charge is -2.12. The minimum Gasteiger partial charge on any atom is -0.354 e. The van der Waals surface area contributed by atoms with Crippen LogP contribution in [0.15, 0.2) is 36.4 Å². The lowest BCUT2D eigenvalue weighted by Crippen LogP contribution is -2.09. The minimum atomic E-state index is 0.498. The summed E-state index contributed by atoms with van der Waals surface area (Å²) in [5.41, 5.74) is 6.66. The molecule has 140 valence electrons. The first-order valence-corrected chi connectivity index (χ1v) is 9.12. The molecule has 0 spiro atoms. The van der Waals surface area contributed by atoms with E-state index >= 15 is 0 Å². The number of hydrogen-bond acceptors (Lipinski definition) is 6. The molecule has 3 N–H and O–H groups in total. The maximum atomic E-state index is 4.54. The van der Waals surface area contributed by atoms with Gasteiger partial charge in [-0.15, -0.1) is 0 Å². The minimum absolute atomic E-state index is 0.498. The number of rotatable bonds is 6. The fraction of sp³-hybridized carbons (Fsp3) is 0.286. The quantitative estimate of drug-likeness (QED) is 0.571. The molecule has 6 nitrogen and oxygen atoms in total. The summed E-state index contributed by atoms with van der Waals surface area (Å²) < 4.78 is 0. The van der Waals surface area contributed by atoms with Gasteiger partial charge in [-0.1, -0.05) is 12.1 Å². The molecule has 27 heavy (non-hydrogen) atoms. The highest BCUT2D eigenvalue weighted by Crippen LogP contribution is 2.21. The van der Waals surface area contributed by atoms with Gasteiger partial charge in [0.05, 0.1) is 0 Å². The Morgan fingerprint density at radius 3 is 1.33 bits per heavy atom. The molecule has 0 radical (unpaired) electrons. The molecular weight excluding hydrogens is 336 g/mol. The third-order valence-electron chi connectivity index (χ3n) is 3.93. The van der Waals surface area contributed by atoms with E-state index < -0.39 is 0 Å². The van der Waals surface area contributed by atoms with Crippen molar-refractivity contribution < 1.29 is 0 Å². The third-order valence-corrected chi connectivity index (χ3v) is 3.93. The lowest BCUT2D eigenvalue weighted by molar-refractivity contribution is 1.03. The van der Waals surface area contributed by atoms with Gasteiger partial charge in [-0.05, 0) is 81.1 Å². The van der Waals surface area contributed by atoms with Gasteiger partial charge >= 0.3 is 0 Å². The van der Waals surface area contributed by atoms with E-state index in [0.717, 1.165) is 17.9 Å². The van der Waals surface area contributed by atoms with Crippen LogP contribution in [0.4, 0.5) is 29.2 Å². The standard InChI is InChI=1S/C21H26N6/c1-6-22-19-25-20(23-17-9-13(2)7-14(3)10-17)27-21(26-19)24-18-11-15(4)8-16(5)12-18/h7-12H,6H2,1-5H3,(H3,22,23,24,25,26,27). The van der Waals surface area contributed by atoms with Crippen LogP contribution in [0.5, 0.6) is 0 Å². The molecule has 0 saturated carbocycles. The van der Waals surface area contributed by atoms with Crippen LogP contribution in [-0.4, -0.2) is 21.5 Å². The molecule has 6 heteroatoms. The summed E-state index contributed by atoms with van der Waals surface area (Å²) in [5, 5.41) is 9.75. The monoisotopic (exact) mass is 362 g/mol. The topological polar surface area (TPSA) is 74.8 Å². The SMILES string of the molecule is CCNc1nc(Nc2cc(C)cc(C)c2)nc(Nc2cc(C)cc(C)c2)n1. The summed E-state index contributed by atoms with van der Waals surface area (Å²) in [6, 6.07) is 12.5. The zero-order valence-electron chi connectivity index (χ0n) is 16.5. The van der Waals surface area contributed by atoms with E-state index in [2.05, 4.69) is 95.0 Å². The molecule has 0 saturated heterocycles. The number of nitrogens with one attached hydrogen (secondary N) is 3.